The second kappa shape index (κ2) is 8.77. The second-order valence-corrected chi connectivity index (χ2v) is 6.78. The van der Waals surface area contributed by atoms with Gasteiger partial charge in [0.25, 0.3) is 5.91 Å². The Hall–Kier alpha value is -2.73. The van der Waals surface area contributed by atoms with Crippen LogP contribution in [0.5, 0.6) is 5.75 Å². The lowest BCUT2D eigenvalue weighted by Crippen LogP contribution is -2.50. The van der Waals surface area contributed by atoms with Crippen LogP contribution >= 0.6 is 11.6 Å². The summed E-state index contributed by atoms with van der Waals surface area (Å²) in [6, 6.07) is 14.7. The molecule has 0 radical (unpaired) electrons. The lowest BCUT2D eigenvalue weighted by Gasteiger charge is -2.36. The fourth-order valence-electron chi connectivity index (χ4n) is 2.96. The largest absolute Gasteiger partial charge is 0.484 e. The van der Waals surface area contributed by atoms with E-state index in [1.807, 2.05) is 29.2 Å². The number of ether oxygens (including phenoxy) is 1. The molecule has 2 aromatic rings. The minimum Gasteiger partial charge on any atom is -0.484 e. The molecule has 7 heteroatoms. The number of amides is 2. The van der Waals surface area contributed by atoms with E-state index >= 15 is 0 Å². The van der Waals surface area contributed by atoms with Gasteiger partial charge in [-0.05, 0) is 42.5 Å². The molecule has 1 aliphatic heterocycles. The maximum atomic E-state index is 12.4. The molecule has 0 saturated carbocycles. The Kier molecular flexibility index (Phi) is 6.19. The number of carbonyl (C=O) groups is 2. The van der Waals surface area contributed by atoms with Crippen LogP contribution in [0.3, 0.4) is 0 Å². The van der Waals surface area contributed by atoms with Crippen LogP contribution in [0.25, 0.3) is 0 Å². The lowest BCUT2D eigenvalue weighted by atomic mass is 10.2. The van der Waals surface area contributed by atoms with Crippen LogP contribution in [0.1, 0.15) is 6.92 Å². The summed E-state index contributed by atoms with van der Waals surface area (Å²) in [6.45, 7) is 4.23. The molecule has 0 aliphatic carbocycles. The van der Waals surface area contributed by atoms with E-state index in [0.717, 1.165) is 24.5 Å². The van der Waals surface area contributed by atoms with Gasteiger partial charge in [-0.15, -0.1) is 0 Å². The van der Waals surface area contributed by atoms with Crippen LogP contribution in [0.2, 0.25) is 5.02 Å². The van der Waals surface area contributed by atoms with Gasteiger partial charge in [0.15, 0.2) is 6.61 Å². The highest BCUT2D eigenvalue weighted by atomic mass is 35.5. The van der Waals surface area contributed by atoms with E-state index in [1.54, 1.807) is 24.3 Å². The highest BCUT2D eigenvalue weighted by molar-refractivity contribution is 6.30. The predicted molar refractivity (Wildman–Crippen MR) is 106 cm³/mol. The highest BCUT2D eigenvalue weighted by Crippen LogP contribution is 2.21. The van der Waals surface area contributed by atoms with E-state index in [4.69, 9.17) is 16.3 Å². The molecule has 27 heavy (non-hydrogen) atoms. The van der Waals surface area contributed by atoms with E-state index in [9.17, 15) is 9.59 Å². The van der Waals surface area contributed by atoms with Crippen molar-refractivity contribution in [1.82, 2.24) is 4.90 Å². The zero-order valence-corrected chi connectivity index (χ0v) is 15.9. The molecular weight excluding hydrogens is 366 g/mol. The molecule has 0 bridgehead atoms. The van der Waals surface area contributed by atoms with Gasteiger partial charge in [0.1, 0.15) is 5.75 Å². The topological polar surface area (TPSA) is 61.9 Å². The van der Waals surface area contributed by atoms with Gasteiger partial charge < -0.3 is 19.9 Å². The van der Waals surface area contributed by atoms with Crippen LogP contribution in [-0.2, 0) is 9.59 Å². The van der Waals surface area contributed by atoms with Crippen LogP contribution in [0.15, 0.2) is 48.5 Å². The maximum Gasteiger partial charge on any atom is 0.260 e. The van der Waals surface area contributed by atoms with Crippen molar-refractivity contribution in [3.8, 4) is 5.75 Å². The number of nitrogens with zero attached hydrogens (tertiary/aromatic N) is 2. The normalized spacial score (nSPS) is 14.0. The van der Waals surface area contributed by atoms with Gasteiger partial charge in [-0.25, -0.2) is 0 Å². The first-order valence-corrected chi connectivity index (χ1v) is 9.18. The minimum absolute atomic E-state index is 0.0135. The molecule has 2 aromatic carbocycles. The Morgan fingerprint density at radius 2 is 1.78 bits per heavy atom. The Bertz CT molecular complexity index is 802. The molecule has 0 atom stereocenters. The third-order valence-electron chi connectivity index (χ3n) is 4.34. The van der Waals surface area contributed by atoms with Crippen molar-refractivity contribution >= 4 is 34.8 Å². The smallest absolute Gasteiger partial charge is 0.260 e. The molecule has 0 aromatic heterocycles. The van der Waals surface area contributed by atoms with Gasteiger partial charge in [0.05, 0.1) is 0 Å². The fourth-order valence-corrected chi connectivity index (χ4v) is 3.09. The van der Waals surface area contributed by atoms with Crippen molar-refractivity contribution in [2.45, 2.75) is 6.92 Å². The predicted octanol–water partition coefficient (Wildman–Crippen LogP) is 3.03. The Morgan fingerprint density at radius 1 is 1.07 bits per heavy atom. The molecule has 142 valence electrons. The van der Waals surface area contributed by atoms with E-state index in [2.05, 4.69) is 10.2 Å². The van der Waals surface area contributed by atoms with Crippen molar-refractivity contribution in [2.24, 2.45) is 0 Å². The third-order valence-corrected chi connectivity index (χ3v) is 4.59. The Balaban J connectivity index is 1.50. The van der Waals surface area contributed by atoms with E-state index in [-0.39, 0.29) is 18.4 Å². The second-order valence-electron chi connectivity index (χ2n) is 6.34. The average molecular weight is 388 g/mol. The molecule has 0 unspecified atom stereocenters. The average Bonchev–Trinajstić information content (AvgIpc) is 2.67. The first kappa shape index (κ1) is 19.0. The summed E-state index contributed by atoms with van der Waals surface area (Å²) in [5.74, 6) is 0.501. The highest BCUT2D eigenvalue weighted by Gasteiger charge is 2.21. The molecule has 1 saturated heterocycles. The summed E-state index contributed by atoms with van der Waals surface area (Å²) >= 11 is 5.84. The fraction of sp³-hybridized carbons (Fsp3) is 0.300. The quantitative estimate of drug-likeness (QED) is 0.856. The van der Waals surface area contributed by atoms with E-state index in [1.165, 1.54) is 6.92 Å². The van der Waals surface area contributed by atoms with Gasteiger partial charge in [-0.2, -0.15) is 0 Å². The number of hydrogen-bond donors (Lipinski definition) is 1. The van der Waals surface area contributed by atoms with Crippen molar-refractivity contribution in [1.29, 1.82) is 0 Å². The van der Waals surface area contributed by atoms with Gasteiger partial charge in [0, 0.05) is 49.5 Å². The zero-order valence-electron chi connectivity index (χ0n) is 15.2. The first-order chi connectivity index (χ1) is 13.0. The summed E-state index contributed by atoms with van der Waals surface area (Å²) in [5.41, 5.74) is 1.81. The number of nitrogens with one attached hydrogen (secondary N) is 1. The monoisotopic (exact) mass is 387 g/mol. The van der Waals surface area contributed by atoms with E-state index < -0.39 is 0 Å². The Labute approximate surface area is 163 Å². The van der Waals surface area contributed by atoms with Crippen molar-refractivity contribution < 1.29 is 14.3 Å². The van der Waals surface area contributed by atoms with Crippen molar-refractivity contribution in [3.63, 3.8) is 0 Å². The SMILES string of the molecule is CC(=O)Nc1cccc(N2CCN(C(=O)COc3ccc(Cl)cc3)CC2)c1. The van der Waals surface area contributed by atoms with Gasteiger partial charge in [-0.3, -0.25) is 9.59 Å². The minimum atomic E-state index is -0.0942. The zero-order chi connectivity index (χ0) is 19.2. The molecule has 2 amide bonds. The summed E-state index contributed by atoms with van der Waals surface area (Å²) in [4.78, 5) is 27.6. The number of halogens is 1. The number of hydrogen-bond acceptors (Lipinski definition) is 4. The number of rotatable bonds is 5. The van der Waals surface area contributed by atoms with Crippen LogP contribution in [0.4, 0.5) is 11.4 Å². The number of carbonyl (C=O) groups excluding carboxylic acids is 2. The molecular formula is C20H22ClN3O3. The van der Waals surface area contributed by atoms with Crippen LogP contribution in [-0.4, -0.2) is 49.5 Å². The number of benzene rings is 2. The number of piperazine rings is 1. The molecule has 1 heterocycles. The maximum absolute atomic E-state index is 12.4. The third kappa shape index (κ3) is 5.37. The van der Waals surface area contributed by atoms with Gasteiger partial charge in [-0.1, -0.05) is 17.7 Å². The molecule has 6 nitrogen and oxygen atoms in total. The first-order valence-electron chi connectivity index (χ1n) is 8.80. The molecule has 0 spiro atoms. The molecule has 1 N–H and O–H groups in total. The van der Waals surface area contributed by atoms with Gasteiger partial charge in [0.2, 0.25) is 5.91 Å². The summed E-state index contributed by atoms with van der Waals surface area (Å²) < 4.78 is 5.54. The molecule has 1 fully saturated rings. The van der Waals surface area contributed by atoms with Crippen molar-refractivity contribution in [2.75, 3.05) is 43.0 Å². The summed E-state index contributed by atoms with van der Waals surface area (Å²) in [6.07, 6.45) is 0. The number of anilines is 2. The summed E-state index contributed by atoms with van der Waals surface area (Å²) in [5, 5.41) is 3.42. The van der Waals surface area contributed by atoms with E-state index in [0.29, 0.717) is 23.9 Å². The lowest BCUT2D eigenvalue weighted by molar-refractivity contribution is -0.133. The summed E-state index contributed by atoms with van der Waals surface area (Å²) in [7, 11) is 0. The van der Waals surface area contributed by atoms with Crippen molar-refractivity contribution in [3.05, 3.63) is 53.6 Å². The standard InChI is InChI=1S/C20H22ClN3O3/c1-15(25)22-17-3-2-4-18(13-17)23-9-11-24(12-10-23)20(26)14-27-19-7-5-16(21)6-8-19/h2-8,13H,9-12,14H2,1H3,(H,22,25). The van der Waals surface area contributed by atoms with Crippen LogP contribution < -0.4 is 15.0 Å². The molecule has 3 rings (SSSR count). The van der Waals surface area contributed by atoms with Crippen LogP contribution in [0, 0.1) is 0 Å². The molecule has 1 aliphatic rings. The van der Waals surface area contributed by atoms with Gasteiger partial charge >= 0.3 is 0 Å². The Morgan fingerprint density at radius 3 is 2.44 bits per heavy atom.